The molecule has 0 aromatic rings. The Balaban J connectivity index is 2.77. The normalized spacial score (nSPS) is 29.4. The van der Waals surface area contributed by atoms with Crippen LogP contribution in [0.5, 0.6) is 0 Å². The smallest absolute Gasteiger partial charge is 0.211 e. The minimum atomic E-state index is -3.01. The fourth-order valence-electron chi connectivity index (χ4n) is 2.44. The third-order valence-electron chi connectivity index (χ3n) is 3.17. The van der Waals surface area contributed by atoms with Crippen LogP contribution in [0.3, 0.4) is 0 Å². The van der Waals surface area contributed by atoms with Gasteiger partial charge in [-0.3, -0.25) is 0 Å². The molecule has 0 bridgehead atoms. The molecular weight excluding hydrogens is 198 g/mol. The zero-order chi connectivity index (χ0) is 10.8. The van der Waals surface area contributed by atoms with Gasteiger partial charge in [0.1, 0.15) is 0 Å². The highest BCUT2D eigenvalue weighted by Crippen LogP contribution is 2.29. The third kappa shape index (κ3) is 2.70. The summed E-state index contributed by atoms with van der Waals surface area (Å²) in [4.78, 5) is 0. The molecule has 0 aliphatic heterocycles. The van der Waals surface area contributed by atoms with E-state index in [1.165, 1.54) is 19.1 Å². The van der Waals surface area contributed by atoms with Gasteiger partial charge in [-0.05, 0) is 18.8 Å². The van der Waals surface area contributed by atoms with Gasteiger partial charge in [0, 0.05) is 12.6 Å². The molecule has 0 N–H and O–H groups in total. The molecule has 0 spiro atoms. The van der Waals surface area contributed by atoms with E-state index in [1.807, 2.05) is 6.92 Å². The first-order valence-electron chi connectivity index (χ1n) is 5.43. The summed E-state index contributed by atoms with van der Waals surface area (Å²) >= 11 is 0. The van der Waals surface area contributed by atoms with E-state index < -0.39 is 10.0 Å². The Morgan fingerprint density at radius 3 is 2.29 bits per heavy atom. The van der Waals surface area contributed by atoms with E-state index in [9.17, 15) is 8.42 Å². The summed E-state index contributed by atoms with van der Waals surface area (Å²) in [7, 11) is -3.01. The van der Waals surface area contributed by atoms with Gasteiger partial charge in [-0.25, -0.2) is 8.42 Å². The summed E-state index contributed by atoms with van der Waals surface area (Å²) in [6.07, 6.45) is 5.93. The molecule has 2 atom stereocenters. The number of sulfonamides is 1. The molecule has 0 aromatic carbocycles. The van der Waals surface area contributed by atoms with E-state index >= 15 is 0 Å². The van der Waals surface area contributed by atoms with Crippen molar-refractivity contribution < 1.29 is 8.42 Å². The second-order valence-corrected chi connectivity index (χ2v) is 6.23. The van der Waals surface area contributed by atoms with Crippen molar-refractivity contribution in [2.24, 2.45) is 5.92 Å². The van der Waals surface area contributed by atoms with E-state index in [0.717, 1.165) is 12.8 Å². The first kappa shape index (κ1) is 12.0. The monoisotopic (exact) mass is 219 g/mol. The summed E-state index contributed by atoms with van der Waals surface area (Å²) in [6.45, 7) is 4.69. The molecule has 3 nitrogen and oxygen atoms in total. The van der Waals surface area contributed by atoms with Crippen molar-refractivity contribution >= 4 is 10.0 Å². The lowest BCUT2D eigenvalue weighted by atomic mass is 9.86. The second-order valence-electron chi connectivity index (χ2n) is 4.30. The lowest BCUT2D eigenvalue weighted by Gasteiger charge is -2.36. The van der Waals surface area contributed by atoms with Crippen molar-refractivity contribution in [3.8, 4) is 0 Å². The van der Waals surface area contributed by atoms with Crippen LogP contribution in [0.1, 0.15) is 39.5 Å². The zero-order valence-electron chi connectivity index (χ0n) is 9.36. The topological polar surface area (TPSA) is 37.4 Å². The molecule has 0 heterocycles. The molecule has 4 heteroatoms. The van der Waals surface area contributed by atoms with Crippen LogP contribution in [0.2, 0.25) is 0 Å². The van der Waals surface area contributed by atoms with Crippen molar-refractivity contribution in [1.82, 2.24) is 4.31 Å². The van der Waals surface area contributed by atoms with Gasteiger partial charge in [0.15, 0.2) is 0 Å². The molecule has 0 saturated heterocycles. The molecule has 0 aromatic heterocycles. The Labute approximate surface area is 87.5 Å². The fourth-order valence-corrected chi connectivity index (χ4v) is 3.71. The van der Waals surface area contributed by atoms with Gasteiger partial charge in [0.25, 0.3) is 0 Å². The zero-order valence-corrected chi connectivity index (χ0v) is 10.2. The average molecular weight is 219 g/mol. The quantitative estimate of drug-likeness (QED) is 0.726. The summed E-state index contributed by atoms with van der Waals surface area (Å²) < 4.78 is 24.7. The van der Waals surface area contributed by atoms with Crippen LogP contribution in [-0.2, 0) is 10.0 Å². The maximum atomic E-state index is 11.5. The molecule has 1 aliphatic carbocycles. The van der Waals surface area contributed by atoms with Crippen molar-refractivity contribution in [1.29, 1.82) is 0 Å². The van der Waals surface area contributed by atoms with E-state index in [2.05, 4.69) is 6.92 Å². The van der Waals surface area contributed by atoms with Crippen LogP contribution < -0.4 is 0 Å². The van der Waals surface area contributed by atoms with Gasteiger partial charge in [-0.1, -0.05) is 26.7 Å². The molecule has 1 fully saturated rings. The number of nitrogens with zero attached hydrogens (tertiary/aromatic N) is 1. The van der Waals surface area contributed by atoms with Crippen molar-refractivity contribution in [3.63, 3.8) is 0 Å². The molecule has 1 rings (SSSR count). The Bertz CT molecular complexity index is 274. The first-order chi connectivity index (χ1) is 6.46. The molecule has 84 valence electrons. The lowest BCUT2D eigenvalue weighted by molar-refractivity contribution is 0.196. The Hall–Kier alpha value is -0.0900. The Morgan fingerprint density at radius 2 is 1.86 bits per heavy atom. The molecule has 0 amide bonds. The third-order valence-corrected chi connectivity index (χ3v) is 4.55. The predicted molar refractivity (Wildman–Crippen MR) is 58.6 cm³/mol. The minimum Gasteiger partial charge on any atom is -0.212 e. The number of hydrogen-bond donors (Lipinski definition) is 0. The van der Waals surface area contributed by atoms with Crippen LogP contribution in [0.25, 0.3) is 0 Å². The maximum absolute atomic E-state index is 11.5. The summed E-state index contributed by atoms with van der Waals surface area (Å²) in [5, 5.41) is 0. The van der Waals surface area contributed by atoms with Crippen molar-refractivity contribution in [2.45, 2.75) is 45.6 Å². The van der Waals surface area contributed by atoms with E-state index in [4.69, 9.17) is 0 Å². The number of hydrogen-bond acceptors (Lipinski definition) is 2. The highest BCUT2D eigenvalue weighted by atomic mass is 32.2. The standard InChI is InChI=1S/C10H21NO2S/c1-4-11(14(3,12)13)10-8-6-5-7-9(10)2/h9-10H,4-8H2,1-3H3. The summed E-state index contributed by atoms with van der Waals surface area (Å²) in [6, 6.07) is 0.240. The van der Waals surface area contributed by atoms with Gasteiger partial charge in [-0.2, -0.15) is 4.31 Å². The van der Waals surface area contributed by atoms with Gasteiger partial charge in [0.05, 0.1) is 6.26 Å². The van der Waals surface area contributed by atoms with Crippen LogP contribution in [0.4, 0.5) is 0 Å². The summed E-state index contributed by atoms with van der Waals surface area (Å²) in [5.41, 5.74) is 0. The molecule has 1 saturated carbocycles. The van der Waals surface area contributed by atoms with E-state index in [-0.39, 0.29) is 6.04 Å². The van der Waals surface area contributed by atoms with Gasteiger partial charge < -0.3 is 0 Å². The molecule has 1 aliphatic rings. The molecule has 14 heavy (non-hydrogen) atoms. The molecule has 2 unspecified atom stereocenters. The van der Waals surface area contributed by atoms with Crippen LogP contribution in [-0.4, -0.2) is 31.6 Å². The highest BCUT2D eigenvalue weighted by molar-refractivity contribution is 7.88. The van der Waals surface area contributed by atoms with Crippen LogP contribution >= 0.6 is 0 Å². The van der Waals surface area contributed by atoms with E-state index in [0.29, 0.717) is 12.5 Å². The van der Waals surface area contributed by atoms with Gasteiger partial charge in [0.2, 0.25) is 10.0 Å². The Morgan fingerprint density at radius 1 is 1.29 bits per heavy atom. The van der Waals surface area contributed by atoms with E-state index in [1.54, 1.807) is 4.31 Å². The lowest BCUT2D eigenvalue weighted by Crippen LogP contribution is -2.44. The Kier molecular flexibility index (Phi) is 3.95. The molecule has 0 radical (unpaired) electrons. The first-order valence-corrected chi connectivity index (χ1v) is 7.28. The fraction of sp³-hybridized carbons (Fsp3) is 1.00. The average Bonchev–Trinajstić information content (AvgIpc) is 2.07. The highest BCUT2D eigenvalue weighted by Gasteiger charge is 2.31. The maximum Gasteiger partial charge on any atom is 0.211 e. The van der Waals surface area contributed by atoms with Crippen LogP contribution in [0, 0.1) is 5.92 Å². The summed E-state index contributed by atoms with van der Waals surface area (Å²) in [5.74, 6) is 0.512. The second kappa shape index (κ2) is 4.62. The SMILES string of the molecule is CCN(C1CCCCC1C)S(C)(=O)=O. The van der Waals surface area contributed by atoms with Crippen molar-refractivity contribution in [2.75, 3.05) is 12.8 Å². The van der Waals surface area contributed by atoms with Crippen LogP contribution in [0.15, 0.2) is 0 Å². The number of rotatable bonds is 3. The molecular formula is C10H21NO2S. The van der Waals surface area contributed by atoms with Crippen molar-refractivity contribution in [3.05, 3.63) is 0 Å². The minimum absolute atomic E-state index is 0.240. The van der Waals surface area contributed by atoms with Gasteiger partial charge in [-0.15, -0.1) is 0 Å². The largest absolute Gasteiger partial charge is 0.212 e. The van der Waals surface area contributed by atoms with Gasteiger partial charge >= 0.3 is 0 Å². The predicted octanol–water partition coefficient (Wildman–Crippen LogP) is 1.85.